The Morgan fingerprint density at radius 2 is 1.92 bits per heavy atom. The van der Waals surface area contributed by atoms with Crippen molar-refractivity contribution in [3.05, 3.63) is 0 Å². The highest BCUT2D eigenvalue weighted by Crippen LogP contribution is 2.27. The SMILES string of the molecule is CCC(C)C(=O)C1CCCCC1. The van der Waals surface area contributed by atoms with Crippen molar-refractivity contribution >= 4 is 5.78 Å². The van der Waals surface area contributed by atoms with Crippen LogP contribution in [-0.2, 0) is 4.79 Å². The van der Waals surface area contributed by atoms with Gasteiger partial charge in [-0.3, -0.25) is 4.79 Å². The summed E-state index contributed by atoms with van der Waals surface area (Å²) in [7, 11) is 0. The molecule has 0 N–H and O–H groups in total. The second-order valence-electron chi connectivity index (χ2n) is 4.05. The van der Waals surface area contributed by atoms with Crippen LogP contribution in [0.2, 0.25) is 0 Å². The molecule has 70 valence electrons. The van der Waals surface area contributed by atoms with E-state index in [2.05, 4.69) is 13.8 Å². The summed E-state index contributed by atoms with van der Waals surface area (Å²) in [5.41, 5.74) is 0. The van der Waals surface area contributed by atoms with Gasteiger partial charge in [0.15, 0.2) is 0 Å². The molecule has 1 heteroatoms. The zero-order valence-corrected chi connectivity index (χ0v) is 8.31. The molecule has 0 saturated heterocycles. The molecule has 1 rings (SSSR count). The maximum Gasteiger partial charge on any atom is 0.138 e. The van der Waals surface area contributed by atoms with Crippen LogP contribution in [-0.4, -0.2) is 5.78 Å². The molecule has 1 atom stereocenters. The van der Waals surface area contributed by atoms with Crippen molar-refractivity contribution in [1.82, 2.24) is 0 Å². The first-order chi connectivity index (χ1) is 5.75. The lowest BCUT2D eigenvalue weighted by atomic mass is 9.81. The van der Waals surface area contributed by atoms with Crippen molar-refractivity contribution in [3.8, 4) is 0 Å². The highest BCUT2D eigenvalue weighted by Gasteiger charge is 2.23. The molecule has 0 heterocycles. The molecule has 0 bridgehead atoms. The number of carbonyl (C=O) groups is 1. The summed E-state index contributed by atoms with van der Waals surface area (Å²) in [6, 6.07) is 0. The van der Waals surface area contributed by atoms with Gasteiger partial charge in [0, 0.05) is 11.8 Å². The first-order valence-corrected chi connectivity index (χ1v) is 5.29. The van der Waals surface area contributed by atoms with Crippen molar-refractivity contribution in [1.29, 1.82) is 0 Å². The normalized spacial score (nSPS) is 22.2. The van der Waals surface area contributed by atoms with Crippen LogP contribution >= 0.6 is 0 Å². The van der Waals surface area contributed by atoms with Crippen LogP contribution in [0.3, 0.4) is 0 Å². The quantitative estimate of drug-likeness (QED) is 0.632. The molecule has 1 saturated carbocycles. The minimum absolute atomic E-state index is 0.299. The highest BCUT2D eigenvalue weighted by molar-refractivity contribution is 5.83. The Labute approximate surface area is 75.5 Å². The Morgan fingerprint density at radius 1 is 1.33 bits per heavy atom. The summed E-state index contributed by atoms with van der Waals surface area (Å²) in [5, 5.41) is 0. The van der Waals surface area contributed by atoms with Crippen LogP contribution in [0.4, 0.5) is 0 Å². The molecule has 1 aliphatic carbocycles. The number of Topliss-reactive ketones (excluding diaryl/α,β-unsaturated/α-hetero) is 1. The minimum atomic E-state index is 0.299. The van der Waals surface area contributed by atoms with Gasteiger partial charge >= 0.3 is 0 Å². The fourth-order valence-corrected chi connectivity index (χ4v) is 1.99. The third-order valence-electron chi connectivity index (χ3n) is 3.11. The maximum absolute atomic E-state index is 11.7. The van der Waals surface area contributed by atoms with E-state index in [0.29, 0.717) is 17.6 Å². The van der Waals surface area contributed by atoms with Gasteiger partial charge in [0.1, 0.15) is 5.78 Å². The Kier molecular flexibility index (Phi) is 3.77. The van der Waals surface area contributed by atoms with Gasteiger partial charge in [-0.25, -0.2) is 0 Å². The van der Waals surface area contributed by atoms with E-state index in [1.807, 2.05) is 0 Å². The molecule has 12 heavy (non-hydrogen) atoms. The summed E-state index contributed by atoms with van der Waals surface area (Å²) in [5.74, 6) is 1.24. The second-order valence-corrected chi connectivity index (χ2v) is 4.05. The van der Waals surface area contributed by atoms with E-state index in [1.165, 1.54) is 19.3 Å². The molecule has 0 radical (unpaired) electrons. The molecule has 1 fully saturated rings. The summed E-state index contributed by atoms with van der Waals surface area (Å²) in [4.78, 5) is 11.7. The zero-order chi connectivity index (χ0) is 8.97. The Balaban J connectivity index is 2.39. The first-order valence-electron chi connectivity index (χ1n) is 5.29. The fourth-order valence-electron chi connectivity index (χ4n) is 1.99. The smallest absolute Gasteiger partial charge is 0.138 e. The summed E-state index contributed by atoms with van der Waals surface area (Å²) in [6.07, 6.45) is 7.20. The van der Waals surface area contributed by atoms with Crippen molar-refractivity contribution in [2.45, 2.75) is 52.4 Å². The summed E-state index contributed by atoms with van der Waals surface area (Å²) in [6.45, 7) is 4.17. The number of ketones is 1. The minimum Gasteiger partial charge on any atom is -0.299 e. The predicted molar refractivity (Wildman–Crippen MR) is 51.0 cm³/mol. The molecule has 0 aromatic heterocycles. The summed E-state index contributed by atoms with van der Waals surface area (Å²) < 4.78 is 0. The molecule has 0 aromatic carbocycles. The van der Waals surface area contributed by atoms with Crippen LogP contribution in [0.1, 0.15) is 52.4 Å². The third kappa shape index (κ3) is 2.33. The summed E-state index contributed by atoms with van der Waals surface area (Å²) >= 11 is 0. The fraction of sp³-hybridized carbons (Fsp3) is 0.909. The lowest BCUT2D eigenvalue weighted by Gasteiger charge is -2.22. The zero-order valence-electron chi connectivity index (χ0n) is 8.31. The number of hydrogen-bond donors (Lipinski definition) is 0. The van der Waals surface area contributed by atoms with E-state index < -0.39 is 0 Å². The Hall–Kier alpha value is -0.330. The highest BCUT2D eigenvalue weighted by atomic mass is 16.1. The van der Waals surface area contributed by atoms with Crippen LogP contribution in [0, 0.1) is 11.8 Å². The molecule has 1 aliphatic rings. The second kappa shape index (κ2) is 4.64. The van der Waals surface area contributed by atoms with Crippen molar-refractivity contribution in [3.63, 3.8) is 0 Å². The predicted octanol–water partition coefficient (Wildman–Crippen LogP) is 3.18. The van der Waals surface area contributed by atoms with Crippen molar-refractivity contribution in [2.75, 3.05) is 0 Å². The van der Waals surface area contributed by atoms with Crippen LogP contribution in [0.25, 0.3) is 0 Å². The molecular weight excluding hydrogens is 148 g/mol. The number of hydrogen-bond acceptors (Lipinski definition) is 1. The number of carbonyl (C=O) groups excluding carboxylic acids is 1. The Morgan fingerprint density at radius 3 is 2.42 bits per heavy atom. The topological polar surface area (TPSA) is 17.1 Å². The van der Waals surface area contributed by atoms with E-state index in [0.717, 1.165) is 19.3 Å². The van der Waals surface area contributed by atoms with E-state index in [4.69, 9.17) is 0 Å². The molecular formula is C11H20O. The van der Waals surface area contributed by atoms with Crippen LogP contribution < -0.4 is 0 Å². The number of rotatable bonds is 3. The van der Waals surface area contributed by atoms with Gasteiger partial charge in [-0.2, -0.15) is 0 Å². The average molecular weight is 168 g/mol. The van der Waals surface area contributed by atoms with E-state index in [-0.39, 0.29) is 0 Å². The lowest BCUT2D eigenvalue weighted by Crippen LogP contribution is -2.23. The van der Waals surface area contributed by atoms with Gasteiger partial charge in [-0.1, -0.05) is 33.1 Å². The van der Waals surface area contributed by atoms with E-state index in [9.17, 15) is 4.79 Å². The molecule has 1 nitrogen and oxygen atoms in total. The molecule has 0 spiro atoms. The standard InChI is InChI=1S/C11H20O/c1-3-9(2)11(12)10-7-5-4-6-8-10/h9-10H,3-8H2,1-2H3. The van der Waals surface area contributed by atoms with Gasteiger partial charge < -0.3 is 0 Å². The van der Waals surface area contributed by atoms with Gasteiger partial charge in [0.05, 0.1) is 0 Å². The van der Waals surface area contributed by atoms with Crippen LogP contribution in [0.15, 0.2) is 0 Å². The molecule has 1 unspecified atom stereocenters. The van der Waals surface area contributed by atoms with E-state index in [1.54, 1.807) is 0 Å². The monoisotopic (exact) mass is 168 g/mol. The Bertz CT molecular complexity index is 145. The van der Waals surface area contributed by atoms with E-state index >= 15 is 0 Å². The van der Waals surface area contributed by atoms with Crippen molar-refractivity contribution in [2.24, 2.45) is 11.8 Å². The lowest BCUT2D eigenvalue weighted by molar-refractivity contribution is -0.127. The van der Waals surface area contributed by atoms with Gasteiger partial charge in [-0.05, 0) is 19.3 Å². The van der Waals surface area contributed by atoms with Gasteiger partial charge in [0.25, 0.3) is 0 Å². The maximum atomic E-state index is 11.7. The molecule has 0 amide bonds. The largest absolute Gasteiger partial charge is 0.299 e. The van der Waals surface area contributed by atoms with Gasteiger partial charge in [0.2, 0.25) is 0 Å². The first kappa shape index (κ1) is 9.76. The molecule has 0 aliphatic heterocycles. The van der Waals surface area contributed by atoms with Crippen LogP contribution in [0.5, 0.6) is 0 Å². The third-order valence-corrected chi connectivity index (χ3v) is 3.11. The van der Waals surface area contributed by atoms with Crippen molar-refractivity contribution < 1.29 is 4.79 Å². The average Bonchev–Trinajstić information content (AvgIpc) is 2.17. The van der Waals surface area contributed by atoms with Gasteiger partial charge in [-0.15, -0.1) is 0 Å². The molecule has 0 aromatic rings.